The van der Waals surface area contributed by atoms with Gasteiger partial charge in [-0.15, -0.1) is 0 Å². The molecule has 0 aliphatic carbocycles. The van der Waals surface area contributed by atoms with Crippen molar-refractivity contribution in [1.82, 2.24) is 0 Å². The van der Waals surface area contributed by atoms with Crippen LogP contribution < -0.4 is 9.47 Å². The molecule has 0 spiro atoms. The maximum Gasteiger partial charge on any atom is 0.178 e. The highest BCUT2D eigenvalue weighted by molar-refractivity contribution is 9.10. The van der Waals surface area contributed by atoms with Gasteiger partial charge in [-0.1, -0.05) is 0 Å². The van der Waals surface area contributed by atoms with Gasteiger partial charge < -0.3 is 14.6 Å². The minimum absolute atomic E-state index is 0.178. The molecule has 1 rings (SSSR count). The van der Waals surface area contributed by atoms with Crippen molar-refractivity contribution in [2.24, 2.45) is 0 Å². The molecule has 0 unspecified atom stereocenters. The van der Waals surface area contributed by atoms with Gasteiger partial charge in [0.25, 0.3) is 0 Å². The topological polar surface area (TPSA) is 38.7 Å². The normalized spacial score (nSPS) is 9.85. The van der Waals surface area contributed by atoms with E-state index in [1.54, 1.807) is 20.1 Å². The van der Waals surface area contributed by atoms with E-state index < -0.39 is 0 Å². The minimum Gasteiger partial charge on any atom is -0.506 e. The van der Waals surface area contributed by atoms with Crippen molar-refractivity contribution in [3.05, 3.63) is 16.1 Å². The smallest absolute Gasteiger partial charge is 0.178 e. The quantitative estimate of drug-likeness (QED) is 0.872. The molecule has 13 heavy (non-hydrogen) atoms. The molecule has 4 heteroatoms. The second kappa shape index (κ2) is 3.87. The van der Waals surface area contributed by atoms with Gasteiger partial charge in [-0.2, -0.15) is 0 Å². The number of phenols is 1. The molecule has 0 radical (unpaired) electrons. The van der Waals surface area contributed by atoms with Crippen LogP contribution in [0.1, 0.15) is 5.56 Å². The highest BCUT2D eigenvalue weighted by Gasteiger charge is 2.14. The third-order valence-corrected chi connectivity index (χ3v) is 2.51. The monoisotopic (exact) mass is 246 g/mol. The molecule has 0 aliphatic heterocycles. The number of halogens is 1. The molecule has 72 valence electrons. The maximum absolute atomic E-state index is 9.56. The average molecular weight is 247 g/mol. The van der Waals surface area contributed by atoms with E-state index in [9.17, 15) is 5.11 Å². The van der Waals surface area contributed by atoms with Crippen LogP contribution >= 0.6 is 15.9 Å². The number of aromatic hydroxyl groups is 1. The van der Waals surface area contributed by atoms with Gasteiger partial charge in [-0.05, 0) is 34.5 Å². The summed E-state index contributed by atoms with van der Waals surface area (Å²) >= 11 is 3.23. The van der Waals surface area contributed by atoms with Crippen LogP contribution in [0.15, 0.2) is 10.5 Å². The number of methoxy groups -OCH3 is 2. The summed E-state index contributed by atoms with van der Waals surface area (Å²) in [4.78, 5) is 0. The molecule has 0 fully saturated rings. The summed E-state index contributed by atoms with van der Waals surface area (Å²) in [5.41, 5.74) is 0.740. The maximum atomic E-state index is 9.56. The van der Waals surface area contributed by atoms with Gasteiger partial charge >= 0.3 is 0 Å². The Morgan fingerprint density at radius 1 is 1.31 bits per heavy atom. The molecule has 0 aliphatic rings. The molecule has 3 nitrogen and oxygen atoms in total. The Morgan fingerprint density at radius 3 is 2.38 bits per heavy atom. The van der Waals surface area contributed by atoms with Crippen molar-refractivity contribution in [1.29, 1.82) is 0 Å². The van der Waals surface area contributed by atoms with Crippen LogP contribution in [0.2, 0.25) is 0 Å². The van der Waals surface area contributed by atoms with Gasteiger partial charge in [0.05, 0.1) is 14.2 Å². The first-order valence-corrected chi connectivity index (χ1v) is 4.51. The number of benzene rings is 1. The van der Waals surface area contributed by atoms with Crippen LogP contribution in [0.25, 0.3) is 0 Å². The largest absolute Gasteiger partial charge is 0.506 e. The Balaban J connectivity index is 3.39. The summed E-state index contributed by atoms with van der Waals surface area (Å²) in [6.45, 7) is 1.79. The third-order valence-electron chi connectivity index (χ3n) is 1.78. The van der Waals surface area contributed by atoms with E-state index in [0.717, 1.165) is 5.56 Å². The zero-order chi connectivity index (χ0) is 10.0. The standard InChI is InChI=1S/C9H11BrO3/c1-5-4-6(12-2)9(13-3)7(10)8(5)11/h4,11H,1-3H3. The summed E-state index contributed by atoms with van der Waals surface area (Å²) in [6.07, 6.45) is 0. The predicted octanol–water partition coefficient (Wildman–Crippen LogP) is 2.48. The predicted molar refractivity (Wildman–Crippen MR) is 53.6 cm³/mol. The molecule has 1 aromatic rings. The van der Waals surface area contributed by atoms with E-state index in [2.05, 4.69) is 15.9 Å². The zero-order valence-corrected chi connectivity index (χ0v) is 9.31. The van der Waals surface area contributed by atoms with E-state index >= 15 is 0 Å². The van der Waals surface area contributed by atoms with Crippen LogP contribution in [-0.4, -0.2) is 19.3 Å². The second-order valence-electron chi connectivity index (χ2n) is 2.59. The van der Waals surface area contributed by atoms with E-state index in [0.29, 0.717) is 16.0 Å². The molecule has 0 saturated heterocycles. The van der Waals surface area contributed by atoms with E-state index in [-0.39, 0.29) is 5.75 Å². The second-order valence-corrected chi connectivity index (χ2v) is 3.38. The van der Waals surface area contributed by atoms with Gasteiger partial charge in [-0.25, -0.2) is 0 Å². The first-order valence-electron chi connectivity index (χ1n) is 3.71. The van der Waals surface area contributed by atoms with Gasteiger partial charge in [0.1, 0.15) is 10.2 Å². The van der Waals surface area contributed by atoms with E-state index in [4.69, 9.17) is 9.47 Å². The number of hydrogen-bond acceptors (Lipinski definition) is 3. The van der Waals surface area contributed by atoms with Crippen molar-refractivity contribution in [2.45, 2.75) is 6.92 Å². The number of phenolic OH excluding ortho intramolecular Hbond substituents is 1. The number of rotatable bonds is 2. The van der Waals surface area contributed by atoms with Crippen LogP contribution in [0, 0.1) is 6.92 Å². The van der Waals surface area contributed by atoms with Crippen LogP contribution in [0.3, 0.4) is 0 Å². The van der Waals surface area contributed by atoms with Crippen molar-refractivity contribution in [3.8, 4) is 17.2 Å². The molecule has 0 heterocycles. The molecule has 0 atom stereocenters. The molecule has 1 aromatic carbocycles. The van der Waals surface area contributed by atoms with Crippen LogP contribution in [0.5, 0.6) is 17.2 Å². The Bertz CT molecular complexity index is 323. The molecular formula is C9H11BrO3. The van der Waals surface area contributed by atoms with Gasteiger partial charge in [0.15, 0.2) is 11.5 Å². The Morgan fingerprint density at radius 2 is 1.92 bits per heavy atom. The molecule has 0 aromatic heterocycles. The van der Waals surface area contributed by atoms with Gasteiger partial charge in [-0.3, -0.25) is 0 Å². The van der Waals surface area contributed by atoms with Crippen LogP contribution in [0.4, 0.5) is 0 Å². The molecule has 1 N–H and O–H groups in total. The highest BCUT2D eigenvalue weighted by atomic mass is 79.9. The summed E-state index contributed by atoms with van der Waals surface area (Å²) in [5, 5.41) is 9.56. The summed E-state index contributed by atoms with van der Waals surface area (Å²) in [5.74, 6) is 1.29. The van der Waals surface area contributed by atoms with Crippen molar-refractivity contribution in [2.75, 3.05) is 14.2 Å². The van der Waals surface area contributed by atoms with Gasteiger partial charge in [0, 0.05) is 0 Å². The van der Waals surface area contributed by atoms with Crippen molar-refractivity contribution < 1.29 is 14.6 Å². The Labute approximate surface area is 85.4 Å². The summed E-state index contributed by atoms with van der Waals surface area (Å²) < 4.78 is 10.7. The zero-order valence-electron chi connectivity index (χ0n) is 7.72. The molecular weight excluding hydrogens is 236 g/mol. The fourth-order valence-corrected chi connectivity index (χ4v) is 1.73. The summed E-state index contributed by atoms with van der Waals surface area (Å²) in [7, 11) is 3.08. The fourth-order valence-electron chi connectivity index (χ4n) is 1.06. The highest BCUT2D eigenvalue weighted by Crippen LogP contribution is 2.42. The van der Waals surface area contributed by atoms with E-state index in [1.165, 1.54) is 7.11 Å². The van der Waals surface area contributed by atoms with Gasteiger partial charge in [0.2, 0.25) is 0 Å². The molecule has 0 bridgehead atoms. The minimum atomic E-state index is 0.178. The SMILES string of the molecule is COc1cc(C)c(O)c(Br)c1OC. The lowest BCUT2D eigenvalue weighted by molar-refractivity contribution is 0.348. The lowest BCUT2D eigenvalue weighted by Gasteiger charge is -2.12. The van der Waals surface area contributed by atoms with Crippen molar-refractivity contribution >= 4 is 15.9 Å². The molecule has 0 saturated carbocycles. The number of ether oxygens (including phenoxy) is 2. The first-order chi connectivity index (χ1) is 6.11. The average Bonchev–Trinajstić information content (AvgIpc) is 2.13. The first kappa shape index (κ1) is 10.2. The summed E-state index contributed by atoms with van der Waals surface area (Å²) in [6, 6.07) is 1.72. The lowest BCUT2D eigenvalue weighted by Crippen LogP contribution is -1.93. The third kappa shape index (κ3) is 1.72. The molecule has 0 amide bonds. The Kier molecular flexibility index (Phi) is 3.03. The number of aryl methyl sites for hydroxylation is 1. The fraction of sp³-hybridized carbons (Fsp3) is 0.333. The lowest BCUT2D eigenvalue weighted by atomic mass is 10.2. The Hall–Kier alpha value is -0.900. The number of hydrogen-bond donors (Lipinski definition) is 1. The van der Waals surface area contributed by atoms with Crippen LogP contribution in [-0.2, 0) is 0 Å². The van der Waals surface area contributed by atoms with Crippen molar-refractivity contribution in [3.63, 3.8) is 0 Å². The van der Waals surface area contributed by atoms with E-state index in [1.807, 2.05) is 0 Å².